The number of pyridine rings is 1. The van der Waals surface area contributed by atoms with E-state index in [4.69, 9.17) is 5.73 Å². The fourth-order valence-electron chi connectivity index (χ4n) is 2.21. The second-order valence-corrected chi connectivity index (χ2v) is 5.13. The molecule has 0 spiro atoms. The van der Waals surface area contributed by atoms with E-state index >= 15 is 0 Å². The summed E-state index contributed by atoms with van der Waals surface area (Å²) in [4.78, 5) is 18.6. The van der Waals surface area contributed by atoms with E-state index in [1.165, 1.54) is 6.20 Å². The highest BCUT2D eigenvalue weighted by atomic mass is 16.2. The summed E-state index contributed by atoms with van der Waals surface area (Å²) in [5.41, 5.74) is 7.79. The normalized spacial score (nSPS) is 14.0. The van der Waals surface area contributed by atoms with Crippen LogP contribution in [0.15, 0.2) is 48.7 Å². The van der Waals surface area contributed by atoms with E-state index in [-0.39, 0.29) is 5.91 Å². The first-order chi connectivity index (χ1) is 9.74. The molecule has 1 amide bonds. The quantitative estimate of drug-likeness (QED) is 0.925. The highest BCUT2D eigenvalue weighted by Gasteiger charge is 2.33. The van der Waals surface area contributed by atoms with Crippen LogP contribution in [0.4, 0.5) is 5.69 Å². The summed E-state index contributed by atoms with van der Waals surface area (Å²) in [5.74, 6) is -0.0173. The van der Waals surface area contributed by atoms with E-state index in [2.05, 4.69) is 4.98 Å². The van der Waals surface area contributed by atoms with Crippen LogP contribution in [0, 0.1) is 0 Å². The largest absolute Gasteiger partial charge is 0.397 e. The molecular weight excluding hydrogens is 250 g/mol. The van der Waals surface area contributed by atoms with Gasteiger partial charge in [-0.2, -0.15) is 0 Å². The number of amides is 1. The van der Waals surface area contributed by atoms with Crippen molar-refractivity contribution in [3.8, 4) is 0 Å². The summed E-state index contributed by atoms with van der Waals surface area (Å²) in [7, 11) is 0. The van der Waals surface area contributed by atoms with Crippen LogP contribution in [-0.4, -0.2) is 21.8 Å². The Morgan fingerprint density at radius 1 is 1.20 bits per heavy atom. The van der Waals surface area contributed by atoms with Crippen LogP contribution in [0.2, 0.25) is 0 Å². The molecule has 2 N–H and O–H groups in total. The van der Waals surface area contributed by atoms with Crippen molar-refractivity contribution in [1.29, 1.82) is 0 Å². The Kier molecular flexibility index (Phi) is 3.37. The van der Waals surface area contributed by atoms with Gasteiger partial charge in [0, 0.05) is 12.6 Å². The maximum atomic E-state index is 12.6. The molecule has 0 atom stereocenters. The molecule has 1 aromatic heterocycles. The number of hydrogen-bond donors (Lipinski definition) is 1. The molecule has 1 fully saturated rings. The predicted molar refractivity (Wildman–Crippen MR) is 78.0 cm³/mol. The Bertz CT molecular complexity index is 591. The minimum Gasteiger partial charge on any atom is -0.397 e. The Hall–Kier alpha value is -2.36. The number of carbonyl (C=O) groups is 1. The van der Waals surface area contributed by atoms with E-state index in [9.17, 15) is 4.79 Å². The summed E-state index contributed by atoms with van der Waals surface area (Å²) >= 11 is 0. The van der Waals surface area contributed by atoms with Crippen LogP contribution in [0.25, 0.3) is 0 Å². The Morgan fingerprint density at radius 2 is 1.95 bits per heavy atom. The van der Waals surface area contributed by atoms with Crippen molar-refractivity contribution in [2.24, 2.45) is 0 Å². The zero-order chi connectivity index (χ0) is 13.9. The molecule has 102 valence electrons. The lowest BCUT2D eigenvalue weighted by molar-refractivity contribution is 0.0724. The smallest absolute Gasteiger partial charge is 0.272 e. The standard InChI is InChI=1S/C16H17N3O/c17-13-6-9-15(18-10-13)16(20)19(14-7-8-14)11-12-4-2-1-3-5-12/h1-6,9-10,14H,7-8,11,17H2. The molecule has 0 unspecified atom stereocenters. The third-order valence-electron chi connectivity index (χ3n) is 3.45. The van der Waals surface area contributed by atoms with Crippen LogP contribution in [0.1, 0.15) is 28.9 Å². The average molecular weight is 267 g/mol. The first-order valence-corrected chi connectivity index (χ1v) is 6.80. The van der Waals surface area contributed by atoms with Crippen molar-refractivity contribution < 1.29 is 4.79 Å². The van der Waals surface area contributed by atoms with Crippen LogP contribution < -0.4 is 5.73 Å². The summed E-state index contributed by atoms with van der Waals surface area (Å²) in [6, 6.07) is 13.8. The van der Waals surface area contributed by atoms with E-state index in [1.807, 2.05) is 35.2 Å². The van der Waals surface area contributed by atoms with Crippen molar-refractivity contribution >= 4 is 11.6 Å². The van der Waals surface area contributed by atoms with Crippen molar-refractivity contribution in [3.63, 3.8) is 0 Å². The predicted octanol–water partition coefficient (Wildman–Crippen LogP) is 2.47. The van der Waals surface area contributed by atoms with Crippen molar-refractivity contribution in [2.45, 2.75) is 25.4 Å². The minimum atomic E-state index is -0.0173. The maximum Gasteiger partial charge on any atom is 0.272 e. The van der Waals surface area contributed by atoms with E-state index < -0.39 is 0 Å². The van der Waals surface area contributed by atoms with Gasteiger partial charge in [0.1, 0.15) is 5.69 Å². The number of nitrogen functional groups attached to an aromatic ring is 1. The molecular formula is C16H17N3O. The summed E-state index contributed by atoms with van der Waals surface area (Å²) in [5, 5.41) is 0. The molecule has 1 heterocycles. The molecule has 1 saturated carbocycles. The molecule has 1 aromatic carbocycles. The lowest BCUT2D eigenvalue weighted by Crippen LogP contribution is -2.33. The molecule has 3 rings (SSSR count). The number of rotatable bonds is 4. The van der Waals surface area contributed by atoms with Gasteiger partial charge in [0.05, 0.1) is 11.9 Å². The number of nitrogens with two attached hydrogens (primary N) is 1. The Morgan fingerprint density at radius 3 is 2.55 bits per heavy atom. The van der Waals surface area contributed by atoms with Gasteiger partial charge in [0.2, 0.25) is 0 Å². The second kappa shape index (κ2) is 5.33. The van der Waals surface area contributed by atoms with Crippen molar-refractivity contribution in [2.75, 3.05) is 5.73 Å². The topological polar surface area (TPSA) is 59.2 Å². The molecule has 0 radical (unpaired) electrons. The van der Waals surface area contributed by atoms with Gasteiger partial charge in [-0.25, -0.2) is 4.98 Å². The van der Waals surface area contributed by atoms with Gasteiger partial charge < -0.3 is 10.6 Å². The first kappa shape index (κ1) is 12.7. The van der Waals surface area contributed by atoms with Gasteiger partial charge in [-0.15, -0.1) is 0 Å². The maximum absolute atomic E-state index is 12.6. The number of hydrogen-bond acceptors (Lipinski definition) is 3. The van der Waals surface area contributed by atoms with E-state index in [0.717, 1.165) is 18.4 Å². The molecule has 0 saturated heterocycles. The number of aromatic nitrogens is 1. The van der Waals surface area contributed by atoms with Gasteiger partial charge >= 0.3 is 0 Å². The number of nitrogens with zero attached hydrogens (tertiary/aromatic N) is 2. The monoisotopic (exact) mass is 267 g/mol. The number of anilines is 1. The van der Waals surface area contributed by atoms with Gasteiger partial charge in [-0.1, -0.05) is 30.3 Å². The third kappa shape index (κ3) is 2.79. The molecule has 4 heteroatoms. The average Bonchev–Trinajstić information content (AvgIpc) is 3.30. The summed E-state index contributed by atoms with van der Waals surface area (Å²) < 4.78 is 0. The molecule has 2 aromatic rings. The molecule has 20 heavy (non-hydrogen) atoms. The lowest BCUT2D eigenvalue weighted by Gasteiger charge is -2.22. The Labute approximate surface area is 118 Å². The van der Waals surface area contributed by atoms with E-state index in [1.54, 1.807) is 12.1 Å². The molecule has 0 bridgehead atoms. The lowest BCUT2D eigenvalue weighted by atomic mass is 10.2. The highest BCUT2D eigenvalue weighted by molar-refractivity contribution is 5.92. The first-order valence-electron chi connectivity index (χ1n) is 6.80. The van der Waals surface area contributed by atoms with Crippen LogP contribution in [-0.2, 0) is 6.54 Å². The Balaban J connectivity index is 1.80. The zero-order valence-electron chi connectivity index (χ0n) is 11.2. The minimum absolute atomic E-state index is 0.0173. The van der Waals surface area contributed by atoms with Crippen LogP contribution in [0.5, 0.6) is 0 Å². The van der Waals surface area contributed by atoms with Gasteiger partial charge in [0.15, 0.2) is 0 Å². The van der Waals surface area contributed by atoms with Crippen LogP contribution in [0.3, 0.4) is 0 Å². The fraction of sp³-hybridized carbons (Fsp3) is 0.250. The third-order valence-corrected chi connectivity index (χ3v) is 3.45. The van der Waals surface area contributed by atoms with Gasteiger partial charge in [-0.3, -0.25) is 4.79 Å². The zero-order valence-corrected chi connectivity index (χ0v) is 11.2. The number of benzene rings is 1. The van der Waals surface area contributed by atoms with E-state index in [0.29, 0.717) is 24.0 Å². The molecule has 0 aliphatic heterocycles. The summed E-state index contributed by atoms with van der Waals surface area (Å²) in [6.07, 6.45) is 3.68. The van der Waals surface area contributed by atoms with Crippen molar-refractivity contribution in [3.05, 3.63) is 59.9 Å². The molecule has 1 aliphatic rings. The van der Waals surface area contributed by atoms with Gasteiger partial charge in [-0.05, 0) is 30.5 Å². The second-order valence-electron chi connectivity index (χ2n) is 5.13. The highest BCUT2D eigenvalue weighted by Crippen LogP contribution is 2.29. The number of carbonyl (C=O) groups excluding carboxylic acids is 1. The summed E-state index contributed by atoms with van der Waals surface area (Å²) in [6.45, 7) is 0.635. The molecule has 1 aliphatic carbocycles. The van der Waals surface area contributed by atoms with Crippen LogP contribution >= 0.6 is 0 Å². The fourth-order valence-corrected chi connectivity index (χ4v) is 2.21. The van der Waals surface area contributed by atoms with Crippen molar-refractivity contribution in [1.82, 2.24) is 9.88 Å². The van der Waals surface area contributed by atoms with Gasteiger partial charge in [0.25, 0.3) is 5.91 Å². The molecule has 4 nitrogen and oxygen atoms in total. The SMILES string of the molecule is Nc1ccc(C(=O)N(Cc2ccccc2)C2CC2)nc1.